The van der Waals surface area contributed by atoms with Crippen LogP contribution in [0.3, 0.4) is 0 Å². The Bertz CT molecular complexity index is 283. The number of hydrogen-bond donors (Lipinski definition) is 2. The molecular weight excluding hydrogens is 188 g/mol. The quantitative estimate of drug-likeness (QED) is 0.738. The summed E-state index contributed by atoms with van der Waals surface area (Å²) in [5, 5.41) is 12.0. The molecule has 0 radical (unpaired) electrons. The number of rotatable bonds is 3. The van der Waals surface area contributed by atoms with Crippen molar-refractivity contribution in [1.29, 1.82) is 0 Å². The summed E-state index contributed by atoms with van der Waals surface area (Å²) in [5.74, 6) is 0. The second-order valence-corrected chi connectivity index (χ2v) is 3.99. The van der Waals surface area contributed by atoms with Gasteiger partial charge in [-0.2, -0.15) is 0 Å². The molecule has 82 valence electrons. The van der Waals surface area contributed by atoms with Gasteiger partial charge in [0.05, 0.1) is 0 Å². The molecule has 1 atom stereocenters. The lowest BCUT2D eigenvalue weighted by Crippen LogP contribution is -2.43. The van der Waals surface area contributed by atoms with Gasteiger partial charge in [0.25, 0.3) is 0 Å². The highest BCUT2D eigenvalue weighted by Crippen LogP contribution is 2.12. The molecule has 0 spiro atoms. The van der Waals surface area contributed by atoms with Gasteiger partial charge in [-0.15, -0.1) is 0 Å². The van der Waals surface area contributed by atoms with Crippen molar-refractivity contribution in [2.75, 3.05) is 13.1 Å². The van der Waals surface area contributed by atoms with Crippen molar-refractivity contribution in [1.82, 2.24) is 10.4 Å². The minimum Gasteiger partial charge on any atom is -0.373 e. The second-order valence-electron chi connectivity index (χ2n) is 3.99. The van der Waals surface area contributed by atoms with E-state index in [9.17, 15) is 5.11 Å². The van der Waals surface area contributed by atoms with E-state index in [-0.39, 0.29) is 0 Å². The molecule has 2 rings (SSSR count). The fraction of sp³-hybridized carbons (Fsp3) is 0.500. The zero-order valence-corrected chi connectivity index (χ0v) is 8.89. The molecule has 0 aliphatic carbocycles. The van der Waals surface area contributed by atoms with Gasteiger partial charge in [-0.3, -0.25) is 0 Å². The van der Waals surface area contributed by atoms with Gasteiger partial charge in [-0.1, -0.05) is 36.8 Å². The molecule has 1 aromatic carbocycles. The maximum absolute atomic E-state index is 9.92. The van der Waals surface area contributed by atoms with Gasteiger partial charge >= 0.3 is 0 Å². The van der Waals surface area contributed by atoms with Crippen molar-refractivity contribution in [2.45, 2.75) is 25.5 Å². The molecule has 15 heavy (non-hydrogen) atoms. The van der Waals surface area contributed by atoms with Crippen molar-refractivity contribution in [2.24, 2.45) is 0 Å². The smallest absolute Gasteiger partial charge is 0.143 e. The number of hydrogen-bond acceptors (Lipinski definition) is 3. The van der Waals surface area contributed by atoms with Crippen LogP contribution in [0.1, 0.15) is 31.1 Å². The summed E-state index contributed by atoms with van der Waals surface area (Å²) in [5.41, 5.74) is 4.04. The van der Waals surface area contributed by atoms with E-state index in [0.29, 0.717) is 0 Å². The molecule has 1 unspecified atom stereocenters. The maximum Gasteiger partial charge on any atom is 0.143 e. The number of benzene rings is 1. The monoisotopic (exact) mass is 206 g/mol. The van der Waals surface area contributed by atoms with Gasteiger partial charge in [-0.25, -0.2) is 10.4 Å². The van der Waals surface area contributed by atoms with Gasteiger partial charge in [0.1, 0.15) is 6.23 Å². The summed E-state index contributed by atoms with van der Waals surface area (Å²) in [4.78, 5) is 0. The highest BCUT2D eigenvalue weighted by atomic mass is 16.3. The van der Waals surface area contributed by atoms with E-state index in [0.717, 1.165) is 18.7 Å². The van der Waals surface area contributed by atoms with Crippen molar-refractivity contribution in [3.8, 4) is 0 Å². The maximum atomic E-state index is 9.92. The van der Waals surface area contributed by atoms with Crippen LogP contribution in [0.2, 0.25) is 0 Å². The van der Waals surface area contributed by atoms with E-state index in [1.807, 2.05) is 30.3 Å². The van der Waals surface area contributed by atoms with E-state index in [2.05, 4.69) is 10.4 Å². The molecule has 0 aromatic heterocycles. The fourth-order valence-corrected chi connectivity index (χ4v) is 1.91. The Morgan fingerprint density at radius 3 is 2.40 bits per heavy atom. The first-order valence-corrected chi connectivity index (χ1v) is 5.60. The molecule has 1 heterocycles. The minimum absolute atomic E-state index is 0.579. The lowest BCUT2D eigenvalue weighted by molar-refractivity contribution is 0.0230. The Morgan fingerprint density at radius 1 is 1.07 bits per heavy atom. The second kappa shape index (κ2) is 5.26. The molecule has 0 amide bonds. The van der Waals surface area contributed by atoms with E-state index < -0.39 is 6.23 Å². The summed E-state index contributed by atoms with van der Waals surface area (Å²) < 4.78 is 0. The van der Waals surface area contributed by atoms with Crippen LogP contribution in [-0.2, 0) is 0 Å². The standard InChI is InChI=1S/C12H18N2O/c15-12(11-7-3-1-4-8-11)13-14-9-5-2-6-10-14/h1,3-4,7-8,12-13,15H,2,5-6,9-10H2. The van der Waals surface area contributed by atoms with Gasteiger partial charge in [-0.05, 0) is 18.4 Å². The molecule has 1 saturated heterocycles. The molecule has 1 aromatic rings. The normalized spacial score (nSPS) is 20.1. The van der Waals surface area contributed by atoms with Crippen LogP contribution in [0.5, 0.6) is 0 Å². The van der Waals surface area contributed by atoms with Gasteiger partial charge in [0, 0.05) is 13.1 Å². The van der Waals surface area contributed by atoms with E-state index >= 15 is 0 Å². The van der Waals surface area contributed by atoms with Crippen LogP contribution in [0.4, 0.5) is 0 Å². The highest BCUT2D eigenvalue weighted by Gasteiger charge is 2.14. The third kappa shape index (κ3) is 3.02. The van der Waals surface area contributed by atoms with Crippen molar-refractivity contribution >= 4 is 0 Å². The first kappa shape index (κ1) is 10.6. The predicted octanol–water partition coefficient (Wildman–Crippen LogP) is 1.67. The van der Waals surface area contributed by atoms with Crippen LogP contribution in [0.25, 0.3) is 0 Å². The van der Waals surface area contributed by atoms with Gasteiger partial charge in [0.15, 0.2) is 0 Å². The van der Waals surface area contributed by atoms with Crippen LogP contribution in [0, 0.1) is 0 Å². The molecule has 2 N–H and O–H groups in total. The van der Waals surface area contributed by atoms with Crippen LogP contribution >= 0.6 is 0 Å². The number of aliphatic hydroxyl groups excluding tert-OH is 1. The Hall–Kier alpha value is -0.900. The predicted molar refractivity (Wildman–Crippen MR) is 60.0 cm³/mol. The largest absolute Gasteiger partial charge is 0.373 e. The third-order valence-corrected chi connectivity index (χ3v) is 2.78. The average molecular weight is 206 g/mol. The summed E-state index contributed by atoms with van der Waals surface area (Å²) >= 11 is 0. The van der Waals surface area contributed by atoms with E-state index in [4.69, 9.17) is 0 Å². The van der Waals surface area contributed by atoms with Crippen LogP contribution in [0.15, 0.2) is 30.3 Å². The van der Waals surface area contributed by atoms with Crippen molar-refractivity contribution in [3.63, 3.8) is 0 Å². The lowest BCUT2D eigenvalue weighted by Gasteiger charge is -2.29. The lowest BCUT2D eigenvalue weighted by atomic mass is 10.1. The zero-order valence-electron chi connectivity index (χ0n) is 8.89. The molecule has 3 nitrogen and oxygen atoms in total. The van der Waals surface area contributed by atoms with Crippen molar-refractivity contribution < 1.29 is 5.11 Å². The first-order chi connectivity index (χ1) is 7.36. The summed E-state index contributed by atoms with van der Waals surface area (Å²) in [6, 6.07) is 9.70. The molecule has 0 bridgehead atoms. The van der Waals surface area contributed by atoms with Crippen LogP contribution in [-0.4, -0.2) is 23.2 Å². The topological polar surface area (TPSA) is 35.5 Å². The molecule has 0 saturated carbocycles. The minimum atomic E-state index is -0.579. The van der Waals surface area contributed by atoms with Crippen LogP contribution < -0.4 is 5.43 Å². The number of nitrogens with zero attached hydrogens (tertiary/aromatic N) is 1. The number of nitrogens with one attached hydrogen (secondary N) is 1. The average Bonchev–Trinajstić information content (AvgIpc) is 2.31. The molecule has 1 aliphatic rings. The Balaban J connectivity index is 1.88. The molecule has 3 heteroatoms. The zero-order chi connectivity index (χ0) is 10.5. The molecule has 1 fully saturated rings. The summed E-state index contributed by atoms with van der Waals surface area (Å²) in [7, 11) is 0. The molecular formula is C12H18N2O. The number of hydrazine groups is 1. The van der Waals surface area contributed by atoms with E-state index in [1.165, 1.54) is 19.3 Å². The Labute approximate surface area is 90.7 Å². The van der Waals surface area contributed by atoms with E-state index in [1.54, 1.807) is 0 Å². The van der Waals surface area contributed by atoms with Crippen molar-refractivity contribution in [3.05, 3.63) is 35.9 Å². The number of piperidine rings is 1. The Morgan fingerprint density at radius 2 is 1.73 bits per heavy atom. The summed E-state index contributed by atoms with van der Waals surface area (Å²) in [6.45, 7) is 2.06. The first-order valence-electron chi connectivity index (χ1n) is 5.60. The SMILES string of the molecule is OC(NN1CCCCC1)c1ccccc1. The van der Waals surface area contributed by atoms with Gasteiger partial charge in [0.2, 0.25) is 0 Å². The number of aliphatic hydroxyl groups is 1. The molecule has 1 aliphatic heterocycles. The van der Waals surface area contributed by atoms with Gasteiger partial charge < -0.3 is 5.11 Å². The Kier molecular flexibility index (Phi) is 3.72. The third-order valence-electron chi connectivity index (χ3n) is 2.78. The highest BCUT2D eigenvalue weighted by molar-refractivity contribution is 5.16. The fourth-order valence-electron chi connectivity index (χ4n) is 1.91. The summed E-state index contributed by atoms with van der Waals surface area (Å²) in [6.07, 6.45) is 3.16.